The molecule has 2 aromatic heterocycles. The maximum atomic E-state index is 12.9. The van der Waals surface area contributed by atoms with Gasteiger partial charge in [0.15, 0.2) is 0 Å². The zero-order chi connectivity index (χ0) is 29.6. The maximum Gasteiger partial charge on any atom is 0.416 e. The Bertz CT molecular complexity index is 1580. The summed E-state index contributed by atoms with van der Waals surface area (Å²) in [4.78, 5) is 45.7. The van der Waals surface area contributed by atoms with Crippen molar-refractivity contribution in [1.29, 1.82) is 0 Å². The molecule has 0 fully saturated rings. The third-order valence-electron chi connectivity index (χ3n) is 5.78. The number of hydroxylamine groups is 1. The van der Waals surface area contributed by atoms with Crippen LogP contribution in [0, 0.1) is 6.92 Å². The summed E-state index contributed by atoms with van der Waals surface area (Å²) in [5.41, 5.74) is 2.35. The number of nitrogens with one attached hydrogen (secondary N) is 5. The highest BCUT2D eigenvalue weighted by atomic mass is 32.1. The van der Waals surface area contributed by atoms with Crippen molar-refractivity contribution in [3.63, 3.8) is 0 Å². The van der Waals surface area contributed by atoms with E-state index in [1.54, 1.807) is 31.2 Å². The molecule has 0 saturated heterocycles. The second-order valence-electron chi connectivity index (χ2n) is 8.71. The molecule has 0 spiro atoms. The van der Waals surface area contributed by atoms with E-state index in [1.807, 2.05) is 0 Å². The first-order valence-electron chi connectivity index (χ1n) is 12.1. The summed E-state index contributed by atoms with van der Waals surface area (Å²) in [6.07, 6.45) is -2.74. The molecular formula is C26H24F3N7O4S. The number of hydrogen-bond acceptors (Lipinski definition) is 8. The van der Waals surface area contributed by atoms with Crippen LogP contribution in [0.1, 0.15) is 33.6 Å². The van der Waals surface area contributed by atoms with E-state index >= 15 is 0 Å². The number of halogens is 3. The normalized spacial score (nSPS) is 11.1. The second kappa shape index (κ2) is 12.6. The van der Waals surface area contributed by atoms with E-state index in [9.17, 15) is 27.6 Å². The largest absolute Gasteiger partial charge is 0.416 e. The molecule has 2 aromatic carbocycles. The van der Waals surface area contributed by atoms with E-state index in [2.05, 4.69) is 31.2 Å². The molecule has 4 aromatic rings. The molecule has 4 rings (SSSR count). The van der Waals surface area contributed by atoms with Gasteiger partial charge in [0.05, 0.1) is 15.8 Å². The monoisotopic (exact) mass is 587 g/mol. The third kappa shape index (κ3) is 7.46. The number of urea groups is 1. The molecule has 0 aliphatic heterocycles. The van der Waals surface area contributed by atoms with Crippen molar-refractivity contribution in [2.45, 2.75) is 25.9 Å². The van der Waals surface area contributed by atoms with Crippen molar-refractivity contribution >= 4 is 62.3 Å². The molecule has 0 radical (unpaired) electrons. The third-order valence-corrected chi connectivity index (χ3v) is 6.98. The number of fused-ring (bicyclic) bond motifs is 1. The van der Waals surface area contributed by atoms with E-state index in [0.29, 0.717) is 44.3 Å². The predicted octanol–water partition coefficient (Wildman–Crippen LogP) is 5.42. The Morgan fingerprint density at radius 1 is 0.976 bits per heavy atom. The van der Waals surface area contributed by atoms with Crippen LogP contribution < -0.4 is 26.7 Å². The van der Waals surface area contributed by atoms with Gasteiger partial charge in [-0.3, -0.25) is 14.8 Å². The number of aromatic nitrogens is 2. The minimum atomic E-state index is -4.52. The lowest BCUT2D eigenvalue weighted by Gasteiger charge is -2.11. The number of alkyl halides is 3. The van der Waals surface area contributed by atoms with E-state index in [0.717, 1.165) is 12.1 Å². The Morgan fingerprint density at radius 2 is 1.68 bits per heavy atom. The first-order valence-corrected chi connectivity index (χ1v) is 12.9. The molecule has 214 valence electrons. The highest BCUT2D eigenvalue weighted by Gasteiger charge is 2.30. The summed E-state index contributed by atoms with van der Waals surface area (Å²) < 4.78 is 38.7. The lowest BCUT2D eigenvalue weighted by Crippen LogP contribution is -2.26. The van der Waals surface area contributed by atoms with Gasteiger partial charge in [0.25, 0.3) is 5.91 Å². The van der Waals surface area contributed by atoms with Crippen LogP contribution in [0.5, 0.6) is 0 Å². The average molecular weight is 588 g/mol. The minimum absolute atomic E-state index is 0.00308. The summed E-state index contributed by atoms with van der Waals surface area (Å²) >= 11 is 1.20. The number of nitrogens with zero attached hydrogens (tertiary/aromatic N) is 2. The number of hydrogen-bond donors (Lipinski definition) is 6. The van der Waals surface area contributed by atoms with Gasteiger partial charge >= 0.3 is 12.2 Å². The Hall–Kier alpha value is -4.76. The Labute approximate surface area is 235 Å². The van der Waals surface area contributed by atoms with Crippen LogP contribution in [0.3, 0.4) is 0 Å². The molecule has 0 saturated carbocycles. The van der Waals surface area contributed by atoms with Gasteiger partial charge in [-0.05, 0) is 61.4 Å². The number of anilines is 4. The summed E-state index contributed by atoms with van der Waals surface area (Å²) in [6.45, 7) is 2.02. The van der Waals surface area contributed by atoms with Crippen LogP contribution in [0.2, 0.25) is 0 Å². The van der Waals surface area contributed by atoms with Crippen LogP contribution in [0.25, 0.3) is 10.2 Å². The maximum absolute atomic E-state index is 12.9. The molecule has 0 atom stereocenters. The molecular weight excluding hydrogens is 563 g/mol. The fourth-order valence-corrected chi connectivity index (χ4v) is 4.88. The zero-order valence-corrected chi connectivity index (χ0v) is 22.2. The van der Waals surface area contributed by atoms with Crippen LogP contribution in [0.4, 0.5) is 40.8 Å². The molecule has 0 bridgehead atoms. The van der Waals surface area contributed by atoms with E-state index in [1.165, 1.54) is 35.3 Å². The topological polar surface area (TPSA) is 157 Å². The summed E-state index contributed by atoms with van der Waals surface area (Å²) in [7, 11) is 0. The highest BCUT2D eigenvalue weighted by Crippen LogP contribution is 2.35. The van der Waals surface area contributed by atoms with E-state index < -0.39 is 23.7 Å². The molecule has 11 nitrogen and oxygen atoms in total. The minimum Gasteiger partial charge on any atom is -0.351 e. The van der Waals surface area contributed by atoms with Crippen molar-refractivity contribution in [3.8, 4) is 0 Å². The number of benzene rings is 2. The number of carbonyl (C=O) groups is 3. The lowest BCUT2D eigenvalue weighted by molar-refractivity contribution is -0.137. The number of thiophene rings is 1. The Balaban J connectivity index is 1.40. The molecule has 0 unspecified atom stereocenters. The van der Waals surface area contributed by atoms with Crippen LogP contribution in [-0.4, -0.2) is 39.6 Å². The molecule has 4 amide bonds. The van der Waals surface area contributed by atoms with Crippen LogP contribution in [0.15, 0.2) is 54.9 Å². The van der Waals surface area contributed by atoms with E-state index in [-0.39, 0.29) is 24.6 Å². The molecule has 2 heterocycles. The van der Waals surface area contributed by atoms with Gasteiger partial charge in [-0.2, -0.15) is 13.2 Å². The fourth-order valence-electron chi connectivity index (χ4n) is 3.81. The SMILES string of the molecule is Cc1c(C(=O)NCCCC(=O)NO)sc2ncnc(Nc3ccc(NC(=O)Nc4cccc(C(F)(F)F)c4)cc3)c12. The van der Waals surface area contributed by atoms with Crippen molar-refractivity contribution in [2.24, 2.45) is 0 Å². The smallest absolute Gasteiger partial charge is 0.351 e. The van der Waals surface area contributed by atoms with Crippen molar-refractivity contribution < 1.29 is 32.8 Å². The number of rotatable bonds is 9. The Kier molecular flexibility index (Phi) is 8.99. The van der Waals surface area contributed by atoms with Crippen molar-refractivity contribution in [1.82, 2.24) is 20.8 Å². The fraction of sp³-hybridized carbons (Fsp3) is 0.192. The van der Waals surface area contributed by atoms with Gasteiger partial charge in [0, 0.05) is 30.0 Å². The van der Waals surface area contributed by atoms with Gasteiger partial charge in [-0.25, -0.2) is 20.2 Å². The summed E-state index contributed by atoms with van der Waals surface area (Å²) in [6, 6.07) is 10.1. The Morgan fingerprint density at radius 3 is 2.39 bits per heavy atom. The average Bonchev–Trinajstić information content (AvgIpc) is 3.28. The summed E-state index contributed by atoms with van der Waals surface area (Å²) in [5.74, 6) is -0.393. The van der Waals surface area contributed by atoms with Gasteiger partial charge in [0.1, 0.15) is 17.0 Å². The molecule has 0 aliphatic carbocycles. The standard InChI is InChI=1S/C26H24F3N7O4S/c1-14-20-22(31-13-32-24(20)41-21(14)23(38)30-11-3-6-19(37)36-40)33-16-7-9-17(10-8-16)34-25(39)35-18-5-2-4-15(12-18)26(27,28)29/h2,4-5,7-10,12-13,40H,3,6,11H2,1H3,(H,30,38)(H,36,37)(H,31,32,33)(H2,34,35,39). The van der Waals surface area contributed by atoms with Gasteiger partial charge in [0.2, 0.25) is 5.91 Å². The summed E-state index contributed by atoms with van der Waals surface area (Å²) in [5, 5.41) is 20.1. The van der Waals surface area contributed by atoms with Crippen LogP contribution in [-0.2, 0) is 11.0 Å². The molecule has 0 aliphatic rings. The predicted molar refractivity (Wildman–Crippen MR) is 147 cm³/mol. The van der Waals surface area contributed by atoms with E-state index in [4.69, 9.17) is 5.21 Å². The first kappa shape index (κ1) is 29.2. The highest BCUT2D eigenvalue weighted by molar-refractivity contribution is 7.20. The van der Waals surface area contributed by atoms with Gasteiger partial charge < -0.3 is 21.3 Å². The van der Waals surface area contributed by atoms with Crippen molar-refractivity contribution in [3.05, 3.63) is 70.9 Å². The lowest BCUT2D eigenvalue weighted by atomic mass is 10.2. The first-order chi connectivity index (χ1) is 19.5. The molecule has 15 heteroatoms. The van der Waals surface area contributed by atoms with Gasteiger partial charge in [-0.15, -0.1) is 11.3 Å². The zero-order valence-electron chi connectivity index (χ0n) is 21.4. The molecule has 41 heavy (non-hydrogen) atoms. The number of carbonyl (C=O) groups excluding carboxylic acids is 3. The number of amides is 4. The second-order valence-corrected chi connectivity index (χ2v) is 9.71. The molecule has 6 N–H and O–H groups in total. The quantitative estimate of drug-likeness (QED) is 0.0867. The van der Waals surface area contributed by atoms with Crippen molar-refractivity contribution in [2.75, 3.05) is 22.5 Å². The number of aryl methyl sites for hydroxylation is 1. The van der Waals surface area contributed by atoms with Gasteiger partial charge in [-0.1, -0.05) is 6.07 Å². The van der Waals surface area contributed by atoms with Crippen LogP contribution >= 0.6 is 11.3 Å².